The highest BCUT2D eigenvalue weighted by atomic mass is 35.5. The number of ether oxygens (including phenoxy) is 1. The van der Waals surface area contributed by atoms with E-state index in [1.54, 1.807) is 7.11 Å². The van der Waals surface area contributed by atoms with Crippen LogP contribution in [0.3, 0.4) is 0 Å². The van der Waals surface area contributed by atoms with Crippen LogP contribution in [0.15, 0.2) is 48.7 Å². The van der Waals surface area contributed by atoms with E-state index in [-0.39, 0.29) is 5.91 Å². The Morgan fingerprint density at radius 3 is 2.70 bits per heavy atom. The average molecular weight is 384 g/mol. The number of halogens is 1. The van der Waals surface area contributed by atoms with Gasteiger partial charge in [-0.2, -0.15) is 0 Å². The number of methoxy groups -OCH3 is 1. The van der Waals surface area contributed by atoms with Crippen molar-refractivity contribution in [3.63, 3.8) is 0 Å². The first-order valence-corrected chi connectivity index (χ1v) is 9.44. The summed E-state index contributed by atoms with van der Waals surface area (Å²) in [6, 6.07) is 13.7. The predicted octanol–water partition coefficient (Wildman–Crippen LogP) is 3.72. The monoisotopic (exact) mass is 383 g/mol. The second-order valence-corrected chi connectivity index (χ2v) is 7.19. The van der Waals surface area contributed by atoms with E-state index in [1.165, 1.54) is 0 Å². The van der Waals surface area contributed by atoms with E-state index in [4.69, 9.17) is 16.3 Å². The smallest absolute Gasteiger partial charge is 0.227 e. The SMILES string of the molecule is COc1ccc2[nH]cc(CC(=O)N3CCN(c4cccc(Cl)c4)CC3)c2c1. The number of carbonyl (C=O) groups is 1. The Morgan fingerprint density at radius 2 is 1.96 bits per heavy atom. The fourth-order valence-electron chi connectivity index (χ4n) is 3.59. The van der Waals surface area contributed by atoms with E-state index in [1.807, 2.05) is 47.5 Å². The van der Waals surface area contributed by atoms with Gasteiger partial charge in [0.15, 0.2) is 0 Å². The van der Waals surface area contributed by atoms with Crippen molar-refractivity contribution in [1.29, 1.82) is 0 Å². The first-order valence-electron chi connectivity index (χ1n) is 9.06. The maximum absolute atomic E-state index is 12.8. The molecule has 1 fully saturated rings. The van der Waals surface area contributed by atoms with Crippen LogP contribution in [0.1, 0.15) is 5.56 Å². The number of piperazine rings is 1. The quantitative estimate of drug-likeness (QED) is 0.747. The third-order valence-electron chi connectivity index (χ3n) is 5.12. The van der Waals surface area contributed by atoms with Gasteiger partial charge in [0.25, 0.3) is 0 Å². The zero-order valence-electron chi connectivity index (χ0n) is 15.2. The van der Waals surface area contributed by atoms with Gasteiger partial charge in [0.2, 0.25) is 5.91 Å². The molecule has 0 saturated carbocycles. The summed E-state index contributed by atoms with van der Waals surface area (Å²) in [4.78, 5) is 20.3. The summed E-state index contributed by atoms with van der Waals surface area (Å²) in [5, 5.41) is 1.78. The van der Waals surface area contributed by atoms with Crippen molar-refractivity contribution in [1.82, 2.24) is 9.88 Å². The van der Waals surface area contributed by atoms with Gasteiger partial charge in [-0.05, 0) is 42.0 Å². The van der Waals surface area contributed by atoms with E-state index in [9.17, 15) is 4.79 Å². The van der Waals surface area contributed by atoms with Crippen molar-refractivity contribution in [3.05, 3.63) is 59.2 Å². The molecule has 0 bridgehead atoms. The number of amides is 1. The Hall–Kier alpha value is -2.66. The highest BCUT2D eigenvalue weighted by Crippen LogP contribution is 2.25. The molecule has 1 aliphatic rings. The maximum atomic E-state index is 12.8. The van der Waals surface area contributed by atoms with Gasteiger partial charge in [-0.1, -0.05) is 17.7 Å². The van der Waals surface area contributed by atoms with Crippen LogP contribution in [0.2, 0.25) is 5.02 Å². The van der Waals surface area contributed by atoms with E-state index in [0.29, 0.717) is 6.42 Å². The van der Waals surface area contributed by atoms with Gasteiger partial charge in [-0.3, -0.25) is 4.79 Å². The molecule has 3 aromatic rings. The number of nitrogens with one attached hydrogen (secondary N) is 1. The molecule has 5 nitrogen and oxygen atoms in total. The summed E-state index contributed by atoms with van der Waals surface area (Å²) in [5.74, 6) is 0.954. The van der Waals surface area contributed by atoms with Gasteiger partial charge in [0.05, 0.1) is 13.5 Å². The third kappa shape index (κ3) is 3.74. The zero-order valence-corrected chi connectivity index (χ0v) is 16.0. The lowest BCUT2D eigenvalue weighted by Gasteiger charge is -2.36. The number of nitrogens with zero attached hydrogens (tertiary/aromatic N) is 2. The van der Waals surface area contributed by atoms with Crippen LogP contribution in [-0.4, -0.2) is 49.1 Å². The minimum Gasteiger partial charge on any atom is -0.497 e. The minimum absolute atomic E-state index is 0.157. The number of benzene rings is 2. The first-order chi connectivity index (χ1) is 13.1. The summed E-state index contributed by atoms with van der Waals surface area (Å²) in [6.07, 6.45) is 2.31. The third-order valence-corrected chi connectivity index (χ3v) is 5.36. The fourth-order valence-corrected chi connectivity index (χ4v) is 3.78. The number of hydrogen-bond donors (Lipinski definition) is 1. The largest absolute Gasteiger partial charge is 0.497 e. The standard InChI is InChI=1S/C21H22ClN3O2/c1-27-18-5-6-20-19(13-18)15(14-23-20)11-21(26)25-9-7-24(8-10-25)17-4-2-3-16(22)12-17/h2-6,12-14,23H,7-11H2,1H3. The molecule has 0 atom stereocenters. The number of aromatic amines is 1. The van der Waals surface area contributed by atoms with E-state index >= 15 is 0 Å². The van der Waals surface area contributed by atoms with Crippen LogP contribution >= 0.6 is 11.6 Å². The fraction of sp³-hybridized carbons (Fsp3) is 0.286. The Kier molecular flexibility index (Phi) is 4.94. The molecule has 1 N–H and O–H groups in total. The van der Waals surface area contributed by atoms with Gasteiger partial charge in [-0.15, -0.1) is 0 Å². The molecular formula is C21H22ClN3O2. The predicted molar refractivity (Wildman–Crippen MR) is 109 cm³/mol. The number of hydrogen-bond acceptors (Lipinski definition) is 3. The lowest BCUT2D eigenvalue weighted by atomic mass is 10.1. The highest BCUT2D eigenvalue weighted by Gasteiger charge is 2.22. The normalized spacial score (nSPS) is 14.6. The number of H-pyrrole nitrogens is 1. The number of fused-ring (bicyclic) bond motifs is 1. The number of carbonyl (C=O) groups excluding carboxylic acids is 1. The zero-order chi connectivity index (χ0) is 18.8. The molecule has 0 radical (unpaired) electrons. The van der Waals surface area contributed by atoms with Gasteiger partial charge < -0.3 is 19.5 Å². The van der Waals surface area contributed by atoms with E-state index < -0.39 is 0 Å². The molecule has 6 heteroatoms. The summed E-state index contributed by atoms with van der Waals surface area (Å²) in [6.45, 7) is 3.07. The molecule has 140 valence electrons. The van der Waals surface area contributed by atoms with Crippen LogP contribution in [0.25, 0.3) is 10.9 Å². The number of anilines is 1. The van der Waals surface area contributed by atoms with Crippen molar-refractivity contribution in [2.75, 3.05) is 38.2 Å². The van der Waals surface area contributed by atoms with Gasteiger partial charge >= 0.3 is 0 Å². The molecule has 1 aromatic heterocycles. The van der Waals surface area contributed by atoms with Crippen LogP contribution in [0.4, 0.5) is 5.69 Å². The molecule has 2 heterocycles. The molecule has 1 saturated heterocycles. The van der Waals surface area contributed by atoms with Crippen LogP contribution in [0.5, 0.6) is 5.75 Å². The van der Waals surface area contributed by atoms with Crippen molar-refractivity contribution < 1.29 is 9.53 Å². The minimum atomic E-state index is 0.157. The Labute approximate surface area is 163 Å². The first kappa shape index (κ1) is 17.7. The van der Waals surface area contributed by atoms with Crippen molar-refractivity contribution in [2.45, 2.75) is 6.42 Å². The number of rotatable bonds is 4. The molecule has 0 spiro atoms. The summed E-state index contributed by atoms with van der Waals surface area (Å²) >= 11 is 6.09. The van der Waals surface area contributed by atoms with E-state index in [2.05, 4.69) is 16.0 Å². The lowest BCUT2D eigenvalue weighted by molar-refractivity contribution is -0.130. The van der Waals surface area contributed by atoms with E-state index in [0.717, 1.165) is 59.1 Å². The molecular weight excluding hydrogens is 362 g/mol. The van der Waals surface area contributed by atoms with Crippen LogP contribution in [0, 0.1) is 0 Å². The second kappa shape index (κ2) is 7.53. The molecule has 1 amide bonds. The van der Waals surface area contributed by atoms with Crippen molar-refractivity contribution in [2.24, 2.45) is 0 Å². The molecule has 27 heavy (non-hydrogen) atoms. The second-order valence-electron chi connectivity index (χ2n) is 6.75. The summed E-state index contributed by atoms with van der Waals surface area (Å²) in [5.41, 5.74) is 3.13. The molecule has 4 rings (SSSR count). The molecule has 2 aromatic carbocycles. The lowest BCUT2D eigenvalue weighted by Crippen LogP contribution is -2.49. The molecule has 0 unspecified atom stereocenters. The van der Waals surface area contributed by atoms with Gasteiger partial charge in [0, 0.05) is 54.0 Å². The van der Waals surface area contributed by atoms with Crippen molar-refractivity contribution in [3.8, 4) is 5.75 Å². The topological polar surface area (TPSA) is 48.6 Å². The van der Waals surface area contributed by atoms with Crippen LogP contribution in [-0.2, 0) is 11.2 Å². The summed E-state index contributed by atoms with van der Waals surface area (Å²) < 4.78 is 5.31. The van der Waals surface area contributed by atoms with Gasteiger partial charge in [0.1, 0.15) is 5.75 Å². The summed E-state index contributed by atoms with van der Waals surface area (Å²) in [7, 11) is 1.65. The van der Waals surface area contributed by atoms with Crippen LogP contribution < -0.4 is 9.64 Å². The maximum Gasteiger partial charge on any atom is 0.227 e. The Morgan fingerprint density at radius 1 is 1.15 bits per heavy atom. The Bertz CT molecular complexity index is 961. The highest BCUT2D eigenvalue weighted by molar-refractivity contribution is 6.30. The average Bonchev–Trinajstić information content (AvgIpc) is 3.10. The molecule has 0 aliphatic carbocycles. The number of aromatic nitrogens is 1. The Balaban J connectivity index is 1.41. The molecule has 1 aliphatic heterocycles. The van der Waals surface area contributed by atoms with Crippen molar-refractivity contribution >= 4 is 34.1 Å². The van der Waals surface area contributed by atoms with Gasteiger partial charge in [-0.25, -0.2) is 0 Å².